The molecule has 72 valence electrons. The molecule has 0 unspecified atom stereocenters. The lowest BCUT2D eigenvalue weighted by atomic mass is 10.1. The number of rotatable bonds is 0. The summed E-state index contributed by atoms with van der Waals surface area (Å²) >= 11 is 0. The Hall–Kier alpha value is -0.570. The predicted octanol–water partition coefficient (Wildman–Crippen LogP) is 1.02. The highest BCUT2D eigenvalue weighted by Crippen LogP contribution is 2.19. The van der Waals surface area contributed by atoms with E-state index in [1.807, 2.05) is 13.8 Å². The number of amides is 1. The minimum Gasteiger partial charge on any atom is -0.388 e. The molecule has 1 atom stereocenters. The van der Waals surface area contributed by atoms with Crippen LogP contribution in [0, 0.1) is 0 Å². The predicted molar refractivity (Wildman–Crippen MR) is 48.8 cm³/mol. The topological polar surface area (TPSA) is 40.5 Å². The fraction of sp³-hybridized carbons (Fsp3) is 0.889. The number of aliphatic hydroxyl groups is 1. The largest absolute Gasteiger partial charge is 0.388 e. The number of hydrogen-bond acceptors (Lipinski definition) is 2. The maximum absolute atomic E-state index is 10.7. The number of carbonyl (C=O) groups excluding carboxylic acids is 1. The third-order valence-electron chi connectivity index (χ3n) is 1.90. The van der Waals surface area contributed by atoms with E-state index >= 15 is 0 Å². The number of nitrogens with zero attached hydrogens (tertiary/aromatic N) is 1. The molecule has 0 aromatic heterocycles. The van der Waals surface area contributed by atoms with Crippen LogP contribution in [0.25, 0.3) is 0 Å². The normalized spacial score (nSPS) is 27.9. The van der Waals surface area contributed by atoms with Crippen LogP contribution < -0.4 is 0 Å². The van der Waals surface area contributed by atoms with Gasteiger partial charge in [0.1, 0.15) is 0 Å². The number of β-amino-alcohol motifs (C(OH)–C–C–N with tert-alkyl or cyclic N) is 1. The Morgan fingerprint density at radius 3 is 2.17 bits per heavy atom. The van der Waals surface area contributed by atoms with Crippen LogP contribution in [0.5, 0.6) is 0 Å². The third kappa shape index (κ3) is 3.22. The highest BCUT2D eigenvalue weighted by Gasteiger charge is 2.32. The van der Waals surface area contributed by atoms with Gasteiger partial charge in [0.15, 0.2) is 0 Å². The number of likely N-dealkylation sites (tertiary alicyclic amines) is 1. The van der Waals surface area contributed by atoms with Crippen molar-refractivity contribution in [2.75, 3.05) is 13.1 Å². The van der Waals surface area contributed by atoms with E-state index < -0.39 is 5.60 Å². The Morgan fingerprint density at radius 1 is 1.50 bits per heavy atom. The zero-order valence-electron chi connectivity index (χ0n) is 8.42. The van der Waals surface area contributed by atoms with E-state index in [-0.39, 0.29) is 5.91 Å². The van der Waals surface area contributed by atoms with Crippen molar-refractivity contribution in [3.63, 3.8) is 0 Å². The molecule has 1 amide bonds. The minimum absolute atomic E-state index is 0.0535. The van der Waals surface area contributed by atoms with Crippen molar-refractivity contribution in [3.8, 4) is 0 Å². The van der Waals surface area contributed by atoms with Crippen LogP contribution in [0.15, 0.2) is 0 Å². The summed E-state index contributed by atoms with van der Waals surface area (Å²) in [7, 11) is 0. The van der Waals surface area contributed by atoms with Crippen LogP contribution in [0.4, 0.5) is 0 Å². The molecule has 3 heteroatoms. The van der Waals surface area contributed by atoms with E-state index in [9.17, 15) is 9.90 Å². The Bertz CT molecular complexity index is 155. The Labute approximate surface area is 74.4 Å². The summed E-state index contributed by atoms with van der Waals surface area (Å²) in [6.45, 7) is 8.47. The van der Waals surface area contributed by atoms with Crippen molar-refractivity contribution in [2.45, 2.75) is 39.7 Å². The summed E-state index contributed by atoms with van der Waals surface area (Å²) in [5, 5.41) is 9.42. The third-order valence-corrected chi connectivity index (χ3v) is 1.90. The van der Waals surface area contributed by atoms with Crippen molar-refractivity contribution in [2.24, 2.45) is 0 Å². The highest BCUT2D eigenvalue weighted by molar-refractivity contribution is 5.73. The molecule has 0 saturated carbocycles. The molecule has 1 aliphatic rings. The fourth-order valence-corrected chi connectivity index (χ4v) is 1.21. The SMILES string of the molecule is CC.CC(=O)N1CC[C@](C)(O)C1. The molecule has 0 aliphatic carbocycles. The van der Waals surface area contributed by atoms with E-state index in [2.05, 4.69) is 0 Å². The Kier molecular flexibility index (Phi) is 4.24. The lowest BCUT2D eigenvalue weighted by Crippen LogP contribution is -2.32. The van der Waals surface area contributed by atoms with Crippen LogP contribution in [0.2, 0.25) is 0 Å². The van der Waals surface area contributed by atoms with Gasteiger partial charge in [-0.15, -0.1) is 0 Å². The molecule has 1 aliphatic heterocycles. The molecular formula is C9H19NO2. The van der Waals surface area contributed by atoms with Gasteiger partial charge in [0.2, 0.25) is 5.91 Å². The van der Waals surface area contributed by atoms with Crippen LogP contribution >= 0.6 is 0 Å². The van der Waals surface area contributed by atoms with Gasteiger partial charge in [-0.05, 0) is 13.3 Å². The van der Waals surface area contributed by atoms with E-state index in [4.69, 9.17) is 0 Å². The van der Waals surface area contributed by atoms with E-state index in [0.717, 1.165) is 0 Å². The first-order valence-electron chi connectivity index (χ1n) is 4.49. The van der Waals surface area contributed by atoms with Crippen molar-refractivity contribution in [3.05, 3.63) is 0 Å². The lowest BCUT2D eigenvalue weighted by molar-refractivity contribution is -0.128. The summed E-state index contributed by atoms with van der Waals surface area (Å²) in [5.41, 5.74) is -0.647. The van der Waals surface area contributed by atoms with Gasteiger partial charge in [-0.25, -0.2) is 0 Å². The molecule has 1 fully saturated rings. The molecule has 0 aromatic carbocycles. The summed E-state index contributed by atoms with van der Waals surface area (Å²) in [6.07, 6.45) is 0.701. The summed E-state index contributed by atoms with van der Waals surface area (Å²) in [4.78, 5) is 12.4. The second-order valence-corrected chi connectivity index (χ2v) is 3.19. The maximum atomic E-state index is 10.7. The first-order chi connectivity index (χ1) is 5.51. The van der Waals surface area contributed by atoms with Gasteiger partial charge in [0.05, 0.1) is 5.60 Å². The lowest BCUT2D eigenvalue weighted by Gasteiger charge is -2.16. The molecule has 12 heavy (non-hydrogen) atoms. The Morgan fingerprint density at radius 2 is 2.00 bits per heavy atom. The zero-order chi connectivity index (χ0) is 9.78. The van der Waals surface area contributed by atoms with E-state index in [1.165, 1.54) is 6.92 Å². The highest BCUT2D eigenvalue weighted by atomic mass is 16.3. The van der Waals surface area contributed by atoms with Crippen molar-refractivity contribution in [1.82, 2.24) is 4.90 Å². The van der Waals surface area contributed by atoms with Gasteiger partial charge in [-0.1, -0.05) is 13.8 Å². The standard InChI is InChI=1S/C7H13NO2.C2H6/c1-6(9)8-4-3-7(2,10)5-8;1-2/h10H,3-5H2,1-2H3;1-2H3/t7-;/m0./s1. The number of hydrogen-bond donors (Lipinski definition) is 1. The fourth-order valence-electron chi connectivity index (χ4n) is 1.21. The molecule has 0 bridgehead atoms. The molecule has 1 rings (SSSR count). The molecule has 0 radical (unpaired) electrons. The molecule has 1 saturated heterocycles. The second kappa shape index (κ2) is 4.45. The van der Waals surface area contributed by atoms with Gasteiger partial charge in [-0.3, -0.25) is 4.79 Å². The van der Waals surface area contributed by atoms with Gasteiger partial charge in [-0.2, -0.15) is 0 Å². The number of carbonyl (C=O) groups is 1. The minimum atomic E-state index is -0.647. The van der Waals surface area contributed by atoms with Gasteiger partial charge >= 0.3 is 0 Å². The first-order valence-corrected chi connectivity index (χ1v) is 4.49. The van der Waals surface area contributed by atoms with Crippen molar-refractivity contribution < 1.29 is 9.90 Å². The molecule has 1 heterocycles. The van der Waals surface area contributed by atoms with Crippen LogP contribution in [0.1, 0.15) is 34.1 Å². The molecule has 0 spiro atoms. The Balaban J connectivity index is 0.000000561. The molecule has 1 N–H and O–H groups in total. The van der Waals surface area contributed by atoms with Crippen LogP contribution in [-0.2, 0) is 4.79 Å². The summed E-state index contributed by atoms with van der Waals surface area (Å²) < 4.78 is 0. The van der Waals surface area contributed by atoms with Gasteiger partial charge in [0, 0.05) is 20.0 Å². The smallest absolute Gasteiger partial charge is 0.219 e. The van der Waals surface area contributed by atoms with Crippen molar-refractivity contribution >= 4 is 5.91 Å². The van der Waals surface area contributed by atoms with Gasteiger partial charge in [0.25, 0.3) is 0 Å². The zero-order valence-corrected chi connectivity index (χ0v) is 8.42. The average Bonchev–Trinajstić information content (AvgIpc) is 2.35. The summed E-state index contributed by atoms with van der Waals surface area (Å²) in [6, 6.07) is 0. The molecule has 3 nitrogen and oxygen atoms in total. The quantitative estimate of drug-likeness (QED) is 0.594. The summed E-state index contributed by atoms with van der Waals surface area (Å²) in [5.74, 6) is 0.0535. The monoisotopic (exact) mass is 173 g/mol. The molecule has 0 aromatic rings. The first kappa shape index (κ1) is 11.4. The second-order valence-electron chi connectivity index (χ2n) is 3.19. The molecular weight excluding hydrogens is 154 g/mol. The van der Waals surface area contributed by atoms with Gasteiger partial charge < -0.3 is 10.0 Å². The van der Waals surface area contributed by atoms with E-state index in [1.54, 1.807) is 11.8 Å². The maximum Gasteiger partial charge on any atom is 0.219 e. The van der Waals surface area contributed by atoms with Crippen LogP contribution in [-0.4, -0.2) is 34.6 Å². The average molecular weight is 173 g/mol. The van der Waals surface area contributed by atoms with Crippen LogP contribution in [0.3, 0.4) is 0 Å². The van der Waals surface area contributed by atoms with Crippen molar-refractivity contribution in [1.29, 1.82) is 0 Å². The van der Waals surface area contributed by atoms with E-state index in [0.29, 0.717) is 19.5 Å².